The molecule has 0 aliphatic rings. The van der Waals surface area contributed by atoms with Crippen molar-refractivity contribution < 1.29 is 4.74 Å². The molecule has 0 saturated heterocycles. The van der Waals surface area contributed by atoms with E-state index in [4.69, 9.17) is 15.7 Å². The molecule has 108 valence electrons. The number of benzene rings is 1. The summed E-state index contributed by atoms with van der Waals surface area (Å²) in [6.45, 7) is 1.14. The highest BCUT2D eigenvalue weighted by Crippen LogP contribution is 2.12. The topological polar surface area (TPSA) is 93.9 Å². The Hall–Kier alpha value is -2.81. The lowest BCUT2D eigenvalue weighted by Gasteiger charge is -2.07. The van der Waals surface area contributed by atoms with E-state index in [1.54, 1.807) is 36.5 Å². The molecule has 6 heteroatoms. The lowest BCUT2D eigenvalue weighted by Crippen LogP contribution is -2.23. The van der Waals surface area contributed by atoms with Gasteiger partial charge < -0.3 is 10.5 Å². The average Bonchev–Trinajstić information content (AvgIpc) is 2.49. The van der Waals surface area contributed by atoms with Gasteiger partial charge in [0.05, 0.1) is 18.2 Å². The summed E-state index contributed by atoms with van der Waals surface area (Å²) in [5, 5.41) is 8.69. The summed E-state index contributed by atoms with van der Waals surface area (Å²) in [7, 11) is 0. The Balaban J connectivity index is 1.72. The first kappa shape index (κ1) is 14.6. The van der Waals surface area contributed by atoms with Crippen LogP contribution in [0.3, 0.4) is 0 Å². The van der Waals surface area contributed by atoms with E-state index in [1.807, 2.05) is 0 Å². The first-order valence-corrected chi connectivity index (χ1v) is 6.65. The molecule has 0 saturated carbocycles. The second-order valence-corrected chi connectivity index (χ2v) is 4.52. The van der Waals surface area contributed by atoms with Crippen LogP contribution in [-0.2, 0) is 6.54 Å². The normalized spacial score (nSPS) is 10.0. The number of hydrogen-bond donors (Lipinski definition) is 1. The van der Waals surface area contributed by atoms with Crippen LogP contribution >= 0.6 is 0 Å². The highest BCUT2D eigenvalue weighted by atomic mass is 16.5. The molecule has 2 N–H and O–H groups in total. The number of hydrogen-bond acceptors (Lipinski definition) is 5. The second-order valence-electron chi connectivity index (χ2n) is 4.52. The Bertz CT molecular complexity index is 686. The van der Waals surface area contributed by atoms with E-state index < -0.39 is 0 Å². The molecule has 1 aromatic carbocycles. The van der Waals surface area contributed by atoms with Crippen LogP contribution in [0.4, 0.5) is 5.82 Å². The number of ether oxygens (including phenoxy) is 1. The zero-order valence-electron chi connectivity index (χ0n) is 11.5. The van der Waals surface area contributed by atoms with Gasteiger partial charge >= 0.3 is 5.69 Å². The first-order chi connectivity index (χ1) is 10.2. The zero-order valence-corrected chi connectivity index (χ0v) is 11.5. The van der Waals surface area contributed by atoms with Gasteiger partial charge in [0.25, 0.3) is 0 Å². The smallest absolute Gasteiger partial charge is 0.349 e. The van der Waals surface area contributed by atoms with Crippen LogP contribution in [0.2, 0.25) is 0 Å². The molecular weight excluding hydrogens is 268 g/mol. The number of aryl methyl sites for hydroxylation is 1. The number of nitrogens with two attached hydrogens (primary N) is 1. The van der Waals surface area contributed by atoms with Crippen molar-refractivity contribution in [1.82, 2.24) is 9.55 Å². The predicted molar refractivity (Wildman–Crippen MR) is 78.8 cm³/mol. The van der Waals surface area contributed by atoms with Crippen molar-refractivity contribution in [2.45, 2.75) is 19.4 Å². The molecule has 2 rings (SSSR count). The minimum absolute atomic E-state index is 0.236. The summed E-state index contributed by atoms with van der Waals surface area (Å²) in [5.74, 6) is 0.973. The summed E-state index contributed by atoms with van der Waals surface area (Å²) in [6, 6.07) is 10.6. The number of anilines is 1. The lowest BCUT2D eigenvalue weighted by atomic mass is 10.2. The fourth-order valence-corrected chi connectivity index (χ4v) is 1.81. The van der Waals surface area contributed by atoms with Crippen LogP contribution in [0.1, 0.15) is 18.4 Å². The average molecular weight is 284 g/mol. The van der Waals surface area contributed by atoms with Gasteiger partial charge in [0.15, 0.2) is 0 Å². The molecule has 0 unspecified atom stereocenters. The lowest BCUT2D eigenvalue weighted by molar-refractivity contribution is 0.302. The minimum Gasteiger partial charge on any atom is -0.494 e. The number of unbranched alkanes of at least 4 members (excludes halogenated alkanes) is 1. The standard InChI is InChI=1S/C15H16N4O2/c16-11-12-3-5-13(6-4-12)21-10-2-1-8-19-9-7-14(17)18-15(19)20/h3-7,9H,1-2,8,10H2,(H2,17,18,20). The molecule has 1 heterocycles. The number of aromatic nitrogens is 2. The van der Waals surface area contributed by atoms with E-state index in [1.165, 1.54) is 4.57 Å². The van der Waals surface area contributed by atoms with Crippen LogP contribution in [0.25, 0.3) is 0 Å². The Kier molecular flexibility index (Phi) is 4.94. The summed E-state index contributed by atoms with van der Waals surface area (Å²) < 4.78 is 7.09. The van der Waals surface area contributed by atoms with Crippen molar-refractivity contribution in [3.8, 4) is 11.8 Å². The first-order valence-electron chi connectivity index (χ1n) is 6.65. The van der Waals surface area contributed by atoms with E-state index in [-0.39, 0.29) is 11.5 Å². The molecule has 0 fully saturated rings. The van der Waals surface area contributed by atoms with Crippen LogP contribution < -0.4 is 16.2 Å². The quantitative estimate of drug-likeness (QED) is 0.812. The monoisotopic (exact) mass is 284 g/mol. The van der Waals surface area contributed by atoms with Gasteiger partial charge in [0, 0.05) is 12.7 Å². The van der Waals surface area contributed by atoms with Gasteiger partial charge in [-0.25, -0.2) is 4.79 Å². The van der Waals surface area contributed by atoms with Crippen molar-refractivity contribution in [2.24, 2.45) is 0 Å². The molecule has 21 heavy (non-hydrogen) atoms. The van der Waals surface area contributed by atoms with Gasteiger partial charge in [0.2, 0.25) is 0 Å². The van der Waals surface area contributed by atoms with Gasteiger partial charge in [0.1, 0.15) is 11.6 Å². The molecule has 0 aliphatic carbocycles. The fraction of sp³-hybridized carbons (Fsp3) is 0.267. The van der Waals surface area contributed by atoms with Crippen molar-refractivity contribution in [3.05, 3.63) is 52.6 Å². The van der Waals surface area contributed by atoms with E-state index in [0.29, 0.717) is 18.7 Å². The molecule has 0 radical (unpaired) electrons. The van der Waals surface area contributed by atoms with Crippen molar-refractivity contribution >= 4 is 5.82 Å². The molecule has 6 nitrogen and oxygen atoms in total. The SMILES string of the molecule is N#Cc1ccc(OCCCCn2ccc(N)nc2=O)cc1. The minimum atomic E-state index is -0.331. The molecule has 0 atom stereocenters. The summed E-state index contributed by atoms with van der Waals surface area (Å²) in [4.78, 5) is 15.2. The number of nitrogen functional groups attached to an aromatic ring is 1. The van der Waals surface area contributed by atoms with Gasteiger partial charge in [-0.2, -0.15) is 10.2 Å². The van der Waals surface area contributed by atoms with Crippen molar-refractivity contribution in [3.63, 3.8) is 0 Å². The third-order valence-corrected chi connectivity index (χ3v) is 2.94. The van der Waals surface area contributed by atoms with Crippen molar-refractivity contribution in [1.29, 1.82) is 5.26 Å². The van der Waals surface area contributed by atoms with E-state index in [9.17, 15) is 4.79 Å². The van der Waals surface area contributed by atoms with E-state index in [2.05, 4.69) is 11.1 Å². The van der Waals surface area contributed by atoms with Crippen LogP contribution in [-0.4, -0.2) is 16.2 Å². The largest absolute Gasteiger partial charge is 0.494 e. The van der Waals surface area contributed by atoms with Gasteiger partial charge in [-0.15, -0.1) is 0 Å². The third kappa shape index (κ3) is 4.35. The maximum atomic E-state index is 11.5. The molecule has 0 aliphatic heterocycles. The highest BCUT2D eigenvalue weighted by molar-refractivity contribution is 5.34. The Morgan fingerprint density at radius 3 is 2.67 bits per heavy atom. The van der Waals surface area contributed by atoms with Crippen LogP contribution in [0, 0.1) is 11.3 Å². The predicted octanol–water partition coefficient (Wildman–Crippen LogP) is 1.56. The summed E-state index contributed by atoms with van der Waals surface area (Å²) in [5.41, 5.74) is 5.70. The Morgan fingerprint density at radius 2 is 2.00 bits per heavy atom. The molecule has 0 amide bonds. The van der Waals surface area contributed by atoms with Crippen LogP contribution in [0.15, 0.2) is 41.3 Å². The van der Waals surface area contributed by atoms with E-state index >= 15 is 0 Å². The van der Waals surface area contributed by atoms with Gasteiger partial charge in [-0.1, -0.05) is 0 Å². The Labute approximate surface area is 122 Å². The number of nitriles is 1. The van der Waals surface area contributed by atoms with Gasteiger partial charge in [-0.05, 0) is 43.2 Å². The maximum Gasteiger partial charge on any atom is 0.349 e. The summed E-state index contributed by atoms with van der Waals surface area (Å²) >= 11 is 0. The second kappa shape index (κ2) is 7.10. The molecule has 1 aromatic heterocycles. The molecule has 0 bridgehead atoms. The fourth-order valence-electron chi connectivity index (χ4n) is 1.81. The molecule has 2 aromatic rings. The number of nitrogens with zero attached hydrogens (tertiary/aromatic N) is 3. The van der Waals surface area contributed by atoms with E-state index in [0.717, 1.165) is 18.6 Å². The number of rotatable bonds is 6. The third-order valence-electron chi connectivity index (χ3n) is 2.94. The van der Waals surface area contributed by atoms with Crippen LogP contribution in [0.5, 0.6) is 5.75 Å². The molecule has 0 spiro atoms. The zero-order chi connectivity index (χ0) is 15.1. The Morgan fingerprint density at radius 1 is 1.24 bits per heavy atom. The highest BCUT2D eigenvalue weighted by Gasteiger charge is 1.99. The molecular formula is C15H16N4O2. The summed E-state index contributed by atoms with van der Waals surface area (Å²) in [6.07, 6.45) is 3.27. The van der Waals surface area contributed by atoms with Crippen molar-refractivity contribution in [2.75, 3.05) is 12.3 Å². The maximum absolute atomic E-state index is 11.5. The van der Waals surface area contributed by atoms with Gasteiger partial charge in [-0.3, -0.25) is 4.57 Å².